The standard InChI is InChI=1S/C24H15N5O2/c30-23-12-21(24(31)29-23)20-10-19-9-17-4-3-15(26-17)7-13-1-2-14(25-13)8-16-5-6-18(27-16)11-22(20)28-19/h1-12,29-31H. The predicted molar refractivity (Wildman–Crippen MR) is 122 cm³/mol. The van der Waals surface area contributed by atoms with Gasteiger partial charge >= 0.3 is 0 Å². The van der Waals surface area contributed by atoms with E-state index in [-0.39, 0.29) is 11.8 Å². The molecule has 0 saturated carbocycles. The van der Waals surface area contributed by atoms with Gasteiger partial charge in [0.15, 0.2) is 11.8 Å². The van der Waals surface area contributed by atoms with Crippen molar-refractivity contribution in [3.63, 3.8) is 0 Å². The molecule has 148 valence electrons. The Hall–Kier alpha value is -4.52. The lowest BCUT2D eigenvalue weighted by Crippen LogP contribution is -1.90. The number of hydrogen-bond donors (Lipinski definition) is 3. The second-order valence-electron chi connectivity index (χ2n) is 7.36. The largest absolute Gasteiger partial charge is 0.494 e. The van der Waals surface area contributed by atoms with Gasteiger partial charge in [0.2, 0.25) is 0 Å². The average Bonchev–Trinajstić information content (AvgIpc) is 3.52. The highest BCUT2D eigenvalue weighted by molar-refractivity contribution is 6.19. The van der Waals surface area contributed by atoms with Crippen molar-refractivity contribution in [2.45, 2.75) is 0 Å². The summed E-state index contributed by atoms with van der Waals surface area (Å²) >= 11 is 0. The van der Waals surface area contributed by atoms with Crippen molar-refractivity contribution in [3.05, 3.63) is 101 Å². The Morgan fingerprint density at radius 2 is 1.13 bits per heavy atom. The fourth-order valence-corrected chi connectivity index (χ4v) is 3.75. The van der Waals surface area contributed by atoms with Crippen LogP contribution in [-0.4, -0.2) is 38.0 Å². The number of nitrogens with zero attached hydrogens (tertiary/aromatic N) is 4. The molecule has 1 aromatic rings. The normalized spacial score (nSPS) is 20.6. The molecule has 0 atom stereocenters. The molecule has 0 radical (unpaired) electrons. The molecule has 0 fully saturated rings. The third-order valence-corrected chi connectivity index (χ3v) is 5.11. The highest BCUT2D eigenvalue weighted by Gasteiger charge is 2.22. The van der Waals surface area contributed by atoms with E-state index in [2.05, 4.69) is 20.0 Å². The lowest BCUT2D eigenvalue weighted by molar-refractivity contribution is 0.425. The second kappa shape index (κ2) is 6.50. The molecule has 31 heavy (non-hydrogen) atoms. The number of aromatic amines is 1. The molecule has 0 unspecified atom stereocenters. The SMILES string of the molecule is Oc1cc(C2=CC3=NC2=CC2=NC(=CC4=NC(=CC5=NC(=C3)C=C5)C=C4)C=C2)c(O)[nH]1. The molecule has 7 nitrogen and oxygen atoms in total. The predicted octanol–water partition coefficient (Wildman–Crippen LogP) is 3.85. The molecule has 5 aliphatic heterocycles. The Bertz CT molecular complexity index is 1430. The van der Waals surface area contributed by atoms with Crippen LogP contribution in [0, 0.1) is 0 Å². The number of nitrogens with one attached hydrogen (secondary N) is 1. The van der Waals surface area contributed by atoms with Crippen molar-refractivity contribution >= 4 is 28.4 Å². The van der Waals surface area contributed by atoms with Crippen LogP contribution in [0.25, 0.3) is 5.57 Å². The quantitative estimate of drug-likeness (QED) is 0.660. The van der Waals surface area contributed by atoms with E-state index in [1.807, 2.05) is 66.8 Å². The van der Waals surface area contributed by atoms with Crippen molar-refractivity contribution in [2.24, 2.45) is 20.0 Å². The number of rotatable bonds is 1. The third kappa shape index (κ3) is 3.18. The summed E-state index contributed by atoms with van der Waals surface area (Å²) in [5, 5.41) is 20.0. The van der Waals surface area contributed by atoms with E-state index in [1.165, 1.54) is 6.07 Å². The van der Waals surface area contributed by atoms with Crippen molar-refractivity contribution < 1.29 is 10.2 Å². The van der Waals surface area contributed by atoms with E-state index in [1.54, 1.807) is 0 Å². The molecule has 8 bridgehead atoms. The van der Waals surface area contributed by atoms with Crippen LogP contribution in [0.1, 0.15) is 5.56 Å². The Balaban J connectivity index is 1.52. The number of allylic oxidation sites excluding steroid dienone is 12. The van der Waals surface area contributed by atoms with Gasteiger partial charge in [-0.1, -0.05) is 0 Å². The van der Waals surface area contributed by atoms with E-state index in [4.69, 9.17) is 4.99 Å². The monoisotopic (exact) mass is 405 g/mol. The maximum Gasteiger partial charge on any atom is 0.199 e. The van der Waals surface area contributed by atoms with E-state index in [9.17, 15) is 10.2 Å². The fourth-order valence-electron chi connectivity index (χ4n) is 3.75. The molecule has 0 amide bonds. The van der Waals surface area contributed by atoms with E-state index in [0.29, 0.717) is 22.5 Å². The van der Waals surface area contributed by atoms with Crippen LogP contribution >= 0.6 is 0 Å². The van der Waals surface area contributed by atoms with Crippen LogP contribution in [0.15, 0.2) is 116 Å². The van der Waals surface area contributed by atoms with Crippen LogP contribution in [-0.2, 0) is 0 Å². The summed E-state index contributed by atoms with van der Waals surface area (Å²) in [6, 6.07) is 1.47. The summed E-state index contributed by atoms with van der Waals surface area (Å²) in [5.41, 5.74) is 7.21. The van der Waals surface area contributed by atoms with Gasteiger partial charge in [-0.3, -0.25) is 4.98 Å². The molecule has 7 heteroatoms. The summed E-state index contributed by atoms with van der Waals surface area (Å²) in [4.78, 5) is 21.1. The fraction of sp³-hybridized carbons (Fsp3) is 0. The Kier molecular flexibility index (Phi) is 3.64. The smallest absolute Gasteiger partial charge is 0.199 e. The number of aromatic hydroxyl groups is 2. The molecule has 6 heterocycles. The first kappa shape index (κ1) is 17.3. The molecule has 0 spiro atoms. The molecule has 1 aromatic heterocycles. The number of fused-ring (bicyclic) bond motifs is 4. The first-order valence-electron chi connectivity index (χ1n) is 9.68. The number of H-pyrrole nitrogens is 1. The summed E-state index contributed by atoms with van der Waals surface area (Å²) < 4.78 is 0. The molecular weight excluding hydrogens is 390 g/mol. The van der Waals surface area contributed by atoms with Crippen LogP contribution < -0.4 is 0 Å². The first-order valence-corrected chi connectivity index (χ1v) is 9.68. The van der Waals surface area contributed by atoms with Gasteiger partial charge in [-0.2, -0.15) is 0 Å². The highest BCUT2D eigenvalue weighted by Crippen LogP contribution is 2.37. The van der Waals surface area contributed by atoms with Gasteiger partial charge in [-0.05, 0) is 66.8 Å². The van der Waals surface area contributed by atoms with Crippen molar-refractivity contribution in [1.29, 1.82) is 0 Å². The zero-order valence-corrected chi connectivity index (χ0v) is 16.1. The van der Waals surface area contributed by atoms with Crippen LogP contribution in [0.2, 0.25) is 0 Å². The maximum absolute atomic E-state index is 10.2. The van der Waals surface area contributed by atoms with Gasteiger partial charge in [0.1, 0.15) is 0 Å². The van der Waals surface area contributed by atoms with Crippen molar-refractivity contribution in [1.82, 2.24) is 4.98 Å². The molecule has 6 rings (SSSR count). The lowest BCUT2D eigenvalue weighted by atomic mass is 10.0. The molecule has 0 aromatic carbocycles. The van der Waals surface area contributed by atoms with Gasteiger partial charge in [0.05, 0.1) is 45.6 Å². The van der Waals surface area contributed by atoms with E-state index < -0.39 is 0 Å². The number of aromatic nitrogens is 1. The van der Waals surface area contributed by atoms with Crippen LogP contribution in [0.3, 0.4) is 0 Å². The van der Waals surface area contributed by atoms with Gasteiger partial charge < -0.3 is 10.2 Å². The lowest BCUT2D eigenvalue weighted by Gasteiger charge is -2.02. The van der Waals surface area contributed by atoms with Gasteiger partial charge in [-0.15, -0.1) is 0 Å². The summed E-state index contributed by atoms with van der Waals surface area (Å²) in [7, 11) is 0. The maximum atomic E-state index is 10.2. The number of hydrogen-bond acceptors (Lipinski definition) is 6. The Morgan fingerprint density at radius 3 is 1.68 bits per heavy atom. The van der Waals surface area contributed by atoms with E-state index >= 15 is 0 Å². The second-order valence-corrected chi connectivity index (χ2v) is 7.36. The minimum Gasteiger partial charge on any atom is -0.494 e. The topological polar surface area (TPSA) is 106 Å². The van der Waals surface area contributed by atoms with Crippen molar-refractivity contribution in [3.8, 4) is 11.8 Å². The highest BCUT2D eigenvalue weighted by atomic mass is 16.3. The van der Waals surface area contributed by atoms with Crippen molar-refractivity contribution in [2.75, 3.05) is 0 Å². The number of aliphatic imine (C=N–C) groups is 4. The van der Waals surface area contributed by atoms with E-state index in [0.717, 1.165) is 34.2 Å². The van der Waals surface area contributed by atoms with Crippen LogP contribution in [0.4, 0.5) is 0 Å². The summed E-state index contributed by atoms with van der Waals surface area (Å²) in [6.45, 7) is 0. The molecule has 0 saturated heterocycles. The Labute approximate surface area is 177 Å². The Morgan fingerprint density at radius 1 is 0.581 bits per heavy atom. The third-order valence-electron chi connectivity index (χ3n) is 5.11. The zero-order chi connectivity index (χ0) is 20.9. The van der Waals surface area contributed by atoms with Crippen LogP contribution in [0.5, 0.6) is 11.8 Å². The zero-order valence-electron chi connectivity index (χ0n) is 16.1. The first-order chi connectivity index (χ1) is 15.1. The molecule has 0 aliphatic carbocycles. The average molecular weight is 405 g/mol. The molecule has 3 N–H and O–H groups in total. The van der Waals surface area contributed by atoms with Gasteiger partial charge in [0.25, 0.3) is 0 Å². The summed E-state index contributed by atoms with van der Waals surface area (Å²) in [5.74, 6) is -0.242. The minimum absolute atomic E-state index is 0.119. The van der Waals surface area contributed by atoms with Gasteiger partial charge in [0, 0.05) is 17.2 Å². The summed E-state index contributed by atoms with van der Waals surface area (Å²) in [6.07, 6.45) is 21.0. The molecular formula is C24H15N5O2. The molecule has 5 aliphatic rings. The minimum atomic E-state index is -0.123. The van der Waals surface area contributed by atoms with Gasteiger partial charge in [-0.25, -0.2) is 20.0 Å².